The van der Waals surface area contributed by atoms with E-state index in [2.05, 4.69) is 39.3 Å². The molecule has 0 aromatic carbocycles. The summed E-state index contributed by atoms with van der Waals surface area (Å²) in [5.74, 6) is 1.89. The highest BCUT2D eigenvalue weighted by molar-refractivity contribution is 6.84. The minimum atomic E-state index is -1.20. The predicted molar refractivity (Wildman–Crippen MR) is 105 cm³/mol. The van der Waals surface area contributed by atoms with Crippen LogP contribution in [-0.4, -0.2) is 16.1 Å². The Labute approximate surface area is 140 Å². The molecule has 0 aromatic heterocycles. The Bertz CT molecular complexity index is 463. The summed E-state index contributed by atoms with van der Waals surface area (Å²) >= 11 is 0. The SMILES string of the molecule is C[Si](C)(C)C1=C2CCCCC2=C([Si](C)(C)C)[C@@H]2CCCC[C@H]12. The van der Waals surface area contributed by atoms with Crippen molar-refractivity contribution in [2.24, 2.45) is 11.8 Å². The number of hydrogen-bond donors (Lipinski definition) is 0. The average Bonchev–Trinajstić information content (AvgIpc) is 2.41. The molecule has 0 amide bonds. The van der Waals surface area contributed by atoms with Crippen molar-refractivity contribution in [2.45, 2.75) is 90.6 Å². The first kappa shape index (κ1) is 16.8. The third-order valence-corrected chi connectivity index (χ3v) is 10.8. The van der Waals surface area contributed by atoms with Crippen LogP contribution in [0.25, 0.3) is 0 Å². The Hall–Kier alpha value is -0.0862. The fourth-order valence-corrected chi connectivity index (χ4v) is 11.1. The van der Waals surface area contributed by atoms with Crippen LogP contribution >= 0.6 is 0 Å². The summed E-state index contributed by atoms with van der Waals surface area (Å²) in [4.78, 5) is 0. The Balaban J connectivity index is 2.22. The molecule has 124 valence electrons. The van der Waals surface area contributed by atoms with Gasteiger partial charge in [-0.2, -0.15) is 0 Å². The van der Waals surface area contributed by atoms with Crippen LogP contribution in [0.2, 0.25) is 39.3 Å². The molecule has 22 heavy (non-hydrogen) atoms. The van der Waals surface area contributed by atoms with E-state index < -0.39 is 16.1 Å². The van der Waals surface area contributed by atoms with Crippen LogP contribution in [0.1, 0.15) is 51.4 Å². The smallest absolute Gasteiger partial charge is 0.0732 e. The Morgan fingerprint density at radius 3 is 1.27 bits per heavy atom. The van der Waals surface area contributed by atoms with Gasteiger partial charge in [0.25, 0.3) is 0 Å². The van der Waals surface area contributed by atoms with E-state index in [0.29, 0.717) is 0 Å². The lowest BCUT2D eigenvalue weighted by molar-refractivity contribution is 0.313. The summed E-state index contributed by atoms with van der Waals surface area (Å²) in [6, 6.07) is 0. The molecule has 2 fully saturated rings. The molecule has 2 atom stereocenters. The molecule has 2 saturated carbocycles. The highest BCUT2D eigenvalue weighted by Gasteiger charge is 2.45. The maximum atomic E-state index is 2.62. The normalized spacial score (nSPS) is 30.3. The van der Waals surface area contributed by atoms with Crippen LogP contribution in [0.4, 0.5) is 0 Å². The lowest BCUT2D eigenvalue weighted by Crippen LogP contribution is -2.44. The summed E-state index contributed by atoms with van der Waals surface area (Å²) in [6.07, 6.45) is 11.7. The molecule has 0 heterocycles. The van der Waals surface area contributed by atoms with Crippen LogP contribution < -0.4 is 0 Å². The lowest BCUT2D eigenvalue weighted by Gasteiger charge is -2.49. The Morgan fingerprint density at radius 2 is 0.955 bits per heavy atom. The minimum absolute atomic E-state index is 0.944. The maximum Gasteiger partial charge on any atom is 0.0732 e. The summed E-state index contributed by atoms with van der Waals surface area (Å²) < 4.78 is 0. The first-order valence-corrected chi connectivity index (χ1v) is 16.7. The summed E-state index contributed by atoms with van der Waals surface area (Å²) in [5.41, 5.74) is 3.82. The number of rotatable bonds is 2. The van der Waals surface area contributed by atoms with E-state index in [1.165, 1.54) is 51.4 Å². The molecule has 3 rings (SSSR count). The molecule has 3 aliphatic carbocycles. The van der Waals surface area contributed by atoms with Crippen molar-refractivity contribution in [1.82, 2.24) is 0 Å². The highest BCUT2D eigenvalue weighted by atomic mass is 28.3. The largest absolute Gasteiger partial charge is 0.0741 e. The fourth-order valence-electron chi connectivity index (χ4n) is 5.79. The van der Waals surface area contributed by atoms with E-state index in [4.69, 9.17) is 0 Å². The zero-order chi connectivity index (χ0) is 16.1. The zero-order valence-corrected chi connectivity index (χ0v) is 17.8. The molecular formula is C20H36Si2. The van der Waals surface area contributed by atoms with Gasteiger partial charge in [-0.25, -0.2) is 0 Å². The van der Waals surface area contributed by atoms with E-state index in [-0.39, 0.29) is 0 Å². The second-order valence-corrected chi connectivity index (χ2v) is 20.1. The second kappa shape index (κ2) is 5.77. The topological polar surface area (TPSA) is 0 Å². The predicted octanol–water partition coefficient (Wildman–Crippen LogP) is 6.73. The van der Waals surface area contributed by atoms with Gasteiger partial charge < -0.3 is 0 Å². The maximum absolute atomic E-state index is 2.62. The molecule has 2 heteroatoms. The van der Waals surface area contributed by atoms with Gasteiger partial charge in [-0.3, -0.25) is 0 Å². The van der Waals surface area contributed by atoms with Crippen molar-refractivity contribution < 1.29 is 0 Å². The molecule has 0 bridgehead atoms. The third kappa shape index (κ3) is 2.86. The fraction of sp³-hybridized carbons (Fsp3) is 0.800. The zero-order valence-electron chi connectivity index (χ0n) is 15.8. The number of hydrogen-bond acceptors (Lipinski definition) is 0. The molecule has 0 nitrogen and oxygen atoms in total. The number of allylic oxidation sites excluding steroid dienone is 4. The highest BCUT2D eigenvalue weighted by Crippen LogP contribution is 2.54. The van der Waals surface area contributed by atoms with Crippen molar-refractivity contribution >= 4 is 16.1 Å². The van der Waals surface area contributed by atoms with E-state index in [0.717, 1.165) is 11.8 Å². The Kier molecular flexibility index (Phi) is 4.40. The Morgan fingerprint density at radius 1 is 0.591 bits per heavy atom. The van der Waals surface area contributed by atoms with Gasteiger partial charge in [0.05, 0.1) is 16.1 Å². The van der Waals surface area contributed by atoms with Crippen LogP contribution in [0.3, 0.4) is 0 Å². The average molecular weight is 333 g/mol. The van der Waals surface area contributed by atoms with Crippen LogP contribution in [0, 0.1) is 11.8 Å². The van der Waals surface area contributed by atoms with E-state index in [1.54, 1.807) is 0 Å². The summed E-state index contributed by atoms with van der Waals surface area (Å²) in [6.45, 7) is 15.7. The van der Waals surface area contributed by atoms with Crippen LogP contribution in [0.5, 0.6) is 0 Å². The van der Waals surface area contributed by atoms with Gasteiger partial charge in [0.1, 0.15) is 0 Å². The monoisotopic (exact) mass is 332 g/mol. The van der Waals surface area contributed by atoms with Gasteiger partial charge in [-0.05, 0) is 61.5 Å². The molecule has 0 saturated heterocycles. The van der Waals surface area contributed by atoms with Crippen molar-refractivity contribution in [2.75, 3.05) is 0 Å². The van der Waals surface area contributed by atoms with Gasteiger partial charge in [0.15, 0.2) is 0 Å². The quantitative estimate of drug-likeness (QED) is 0.492. The lowest BCUT2D eigenvalue weighted by atomic mass is 9.70. The minimum Gasteiger partial charge on any atom is -0.0741 e. The molecule has 0 aromatic rings. The van der Waals surface area contributed by atoms with Gasteiger partial charge in [0.2, 0.25) is 0 Å². The van der Waals surface area contributed by atoms with Gasteiger partial charge in [0, 0.05) is 0 Å². The van der Waals surface area contributed by atoms with Gasteiger partial charge >= 0.3 is 0 Å². The van der Waals surface area contributed by atoms with Crippen molar-refractivity contribution in [3.05, 3.63) is 21.5 Å². The third-order valence-electron chi connectivity index (χ3n) is 6.24. The first-order chi connectivity index (χ1) is 10.2. The summed E-state index contributed by atoms with van der Waals surface area (Å²) in [7, 11) is -2.40. The van der Waals surface area contributed by atoms with Crippen molar-refractivity contribution in [3.8, 4) is 0 Å². The van der Waals surface area contributed by atoms with Crippen molar-refractivity contribution in [3.63, 3.8) is 0 Å². The molecule has 0 aliphatic heterocycles. The van der Waals surface area contributed by atoms with Gasteiger partial charge in [-0.15, -0.1) is 0 Å². The van der Waals surface area contributed by atoms with Crippen LogP contribution in [0.15, 0.2) is 21.5 Å². The molecule has 0 N–H and O–H groups in total. The molecule has 0 spiro atoms. The van der Waals surface area contributed by atoms with Crippen molar-refractivity contribution in [1.29, 1.82) is 0 Å². The molecular weight excluding hydrogens is 296 g/mol. The van der Waals surface area contributed by atoms with Crippen LogP contribution in [-0.2, 0) is 0 Å². The van der Waals surface area contributed by atoms with E-state index >= 15 is 0 Å². The second-order valence-electron chi connectivity index (χ2n) is 9.99. The first-order valence-electron chi connectivity index (χ1n) is 9.68. The number of fused-ring (bicyclic) bond motifs is 2. The van der Waals surface area contributed by atoms with Gasteiger partial charge in [-0.1, -0.05) is 62.5 Å². The van der Waals surface area contributed by atoms with E-state index in [1.807, 2.05) is 21.5 Å². The molecule has 0 radical (unpaired) electrons. The standard InChI is InChI=1S/C20H36Si2/c1-21(2,3)19-15-11-7-9-13-17(15)20(22(4,5)6)18-14-10-8-12-16(18)19/h15,17H,7-14H2,1-6H3/t15-,17+. The molecule has 0 unspecified atom stereocenters. The molecule has 3 aliphatic rings. The summed E-state index contributed by atoms with van der Waals surface area (Å²) in [5, 5.41) is 4.04. The van der Waals surface area contributed by atoms with E-state index in [9.17, 15) is 0 Å².